The van der Waals surface area contributed by atoms with E-state index in [1.807, 2.05) is 132 Å². The molecule has 26 nitrogen and oxygen atoms in total. The molecular weight excluding hydrogens is 2240 g/mol. The Kier molecular flexibility index (Phi) is 34.3. The number of rotatable bonds is 11. The summed E-state index contributed by atoms with van der Waals surface area (Å²) in [5.74, 6) is -3.71. The van der Waals surface area contributed by atoms with Crippen molar-refractivity contribution < 1.29 is 72.3 Å². The van der Waals surface area contributed by atoms with E-state index < -0.39 is 67.2 Å². The third kappa shape index (κ3) is 26.7. The molecule has 19 rings (SSSR count). The zero-order valence-corrected chi connectivity index (χ0v) is 88.7. The van der Waals surface area contributed by atoms with Crippen molar-refractivity contribution in [2.75, 3.05) is 16.4 Å². The summed E-state index contributed by atoms with van der Waals surface area (Å²) >= 11 is 27.2. The van der Waals surface area contributed by atoms with Crippen LogP contribution >= 0.6 is 150 Å². The molecule has 13 aromatic carbocycles. The Labute approximate surface area is 870 Å². The van der Waals surface area contributed by atoms with Gasteiger partial charge in [-0.2, -0.15) is 0 Å². The first kappa shape index (κ1) is 106. The summed E-state index contributed by atoms with van der Waals surface area (Å²) in [5.41, 5.74) is 15.8. The molecule has 2 amide bonds. The van der Waals surface area contributed by atoms with Crippen LogP contribution in [-0.2, 0) is 44.5 Å². The standard InChI is InChI=1S/C24H30BNO4S.C18H18BrNO2S.C13H8BrNO4S.C13H6BrNO3S.C13H8BrNO2S.C13H10BrNS.C7H4FNO4/c1-22(2,3)28-21(27)26-17-11-12-19-16(14-17)13-15-9-8-10-18(20(15)31-19)25-29-23(4,5)24(6,7)30-25;1-18(2,3)22-17(21)20-13-7-8-15-12(10-13)9-11-5-4-6-14(19)16(11)23-15;14-10-3-1-2-4-12(10)20-11-6-5-8(15(18)19)7-9(11)13(16)17;14-10-3-1-2-8-12(16)9-6-7(15(17)18)4-5-11(9)19-13(8)10;14-11-3-1-2-8-6-9-7-10(15(16)17)4-5-12(9)18-13(8)11;14-11-3-1-2-8-6-9-7-10(15)4-5-12(9)16-13(8)11;8-6-2-1-4(9(12)13)3-5(6)7(10)11/h8-12,14H,13H2,1-7H3,(H,26,27);4-8,10H,9H2,1-3H3,(H,20,21);1-7H,(H,16,17);1-6H;1-5,7H,6H2;1-5,7H,6,15H2;1-3H,(H,10,11). The van der Waals surface area contributed by atoms with Crippen molar-refractivity contribution in [2.24, 2.45) is 0 Å². The zero-order valence-electron chi connectivity index (χ0n) is 75.9. The lowest BCUT2D eigenvalue weighted by Gasteiger charge is -2.32. The van der Waals surface area contributed by atoms with E-state index in [1.165, 1.54) is 125 Å². The summed E-state index contributed by atoms with van der Waals surface area (Å²) in [5, 5.41) is 66.6. The van der Waals surface area contributed by atoms with Crippen LogP contribution in [0.25, 0.3) is 20.2 Å². The molecule has 6 N–H and O–H groups in total. The van der Waals surface area contributed by atoms with Crippen molar-refractivity contribution in [3.8, 4) is 0 Å². The first-order chi connectivity index (χ1) is 66.1. The van der Waals surface area contributed by atoms with Crippen LogP contribution in [0.3, 0.4) is 0 Å². The predicted molar refractivity (Wildman–Crippen MR) is 567 cm³/mol. The molecule has 0 bridgehead atoms. The van der Waals surface area contributed by atoms with Gasteiger partial charge in [0, 0.05) is 152 Å². The number of nitrogens with one attached hydrogen (secondary N) is 2. The Hall–Kier alpha value is -11.3. The largest absolute Gasteiger partial charge is 0.496 e. The van der Waals surface area contributed by atoms with E-state index in [1.54, 1.807) is 65.6 Å². The lowest BCUT2D eigenvalue weighted by Crippen LogP contribution is -2.41. The lowest BCUT2D eigenvalue weighted by atomic mass is 9.77. The minimum atomic E-state index is -1.53. The first-order valence-corrected chi connectivity index (χ1v) is 51.3. The quantitative estimate of drug-likeness (QED) is 0.0264. The Morgan fingerprint density at radius 3 is 1.30 bits per heavy atom. The van der Waals surface area contributed by atoms with Gasteiger partial charge < -0.3 is 34.7 Å². The van der Waals surface area contributed by atoms with E-state index in [9.17, 15) is 73.9 Å². The minimum absolute atomic E-state index is 0.0638. The van der Waals surface area contributed by atoms with Crippen molar-refractivity contribution in [2.45, 2.75) is 166 Å². The molecule has 1 fully saturated rings. The molecular formula is C101H84BBr5FN7O19S6. The van der Waals surface area contributed by atoms with Gasteiger partial charge >= 0.3 is 31.2 Å². The number of carboxylic acids is 2. The van der Waals surface area contributed by atoms with Crippen LogP contribution in [0.2, 0.25) is 0 Å². The van der Waals surface area contributed by atoms with E-state index in [0.29, 0.717) is 21.7 Å². The molecule has 0 atom stereocenters. The molecule has 14 aromatic rings. The lowest BCUT2D eigenvalue weighted by molar-refractivity contribution is -0.385. The molecule has 5 aliphatic heterocycles. The number of non-ortho nitro benzene ring substituents is 4. The van der Waals surface area contributed by atoms with Gasteiger partial charge in [-0.25, -0.2) is 23.6 Å². The van der Waals surface area contributed by atoms with Crippen molar-refractivity contribution in [1.82, 2.24) is 0 Å². The molecule has 6 heterocycles. The van der Waals surface area contributed by atoms with E-state index in [-0.39, 0.29) is 51.3 Å². The summed E-state index contributed by atoms with van der Waals surface area (Å²) in [4.78, 5) is 109. The fourth-order valence-corrected chi connectivity index (χ4v) is 23.8. The highest BCUT2D eigenvalue weighted by atomic mass is 79.9. The molecule has 0 spiro atoms. The van der Waals surface area contributed by atoms with E-state index in [2.05, 4.69) is 203 Å². The molecule has 5 aliphatic rings. The molecule has 1 aromatic heterocycles. The third-order valence-electron chi connectivity index (χ3n) is 21.6. The number of benzene rings is 13. The molecule has 140 heavy (non-hydrogen) atoms. The fourth-order valence-electron chi connectivity index (χ4n) is 14.4. The number of nitro benzene ring substituents is 4. The molecule has 0 saturated carbocycles. The normalized spacial score (nSPS) is 13.3. The van der Waals surface area contributed by atoms with Crippen molar-refractivity contribution in [3.05, 3.63) is 377 Å². The number of fused-ring (bicyclic) bond motifs is 10. The van der Waals surface area contributed by atoms with Gasteiger partial charge in [0.2, 0.25) is 0 Å². The number of aromatic carboxylic acids is 2. The summed E-state index contributed by atoms with van der Waals surface area (Å²) in [6.07, 6.45) is 2.50. The number of nitrogens with zero attached hydrogens (tertiary/aromatic N) is 4. The monoisotopic (exact) mass is 2320 g/mol. The molecule has 1 saturated heterocycles. The molecule has 718 valence electrons. The smallest absolute Gasteiger partial charge is 0.478 e. The summed E-state index contributed by atoms with van der Waals surface area (Å²) in [6, 6.07) is 71.5. The predicted octanol–water partition coefficient (Wildman–Crippen LogP) is 29.5. The maximum Gasteiger partial charge on any atom is 0.496 e. The first-order valence-electron chi connectivity index (χ1n) is 42.5. The highest BCUT2D eigenvalue weighted by Crippen LogP contribution is 2.49. The van der Waals surface area contributed by atoms with Gasteiger partial charge in [-0.15, -0.1) is 11.3 Å². The van der Waals surface area contributed by atoms with Gasteiger partial charge in [0.15, 0.2) is 5.43 Å². The van der Waals surface area contributed by atoms with Crippen LogP contribution in [0.15, 0.2) is 319 Å². The Morgan fingerprint density at radius 1 is 0.436 bits per heavy atom. The second-order valence-corrected chi connectivity index (χ2v) is 45.1. The molecule has 0 radical (unpaired) electrons. The summed E-state index contributed by atoms with van der Waals surface area (Å²) in [6.45, 7) is 19.4. The number of hydrogen-bond donors (Lipinski definition) is 5. The fraction of sp³-hybridized carbons (Fsp3) is 0.178. The van der Waals surface area contributed by atoms with Gasteiger partial charge in [-0.3, -0.25) is 55.9 Å². The number of nitro groups is 4. The number of hydrogen-bond acceptors (Lipinski definition) is 24. The topological polar surface area (TPSA) is 385 Å². The number of halogens is 6. The zero-order chi connectivity index (χ0) is 101. The van der Waals surface area contributed by atoms with Gasteiger partial charge in [-0.05, 0) is 346 Å². The highest BCUT2D eigenvalue weighted by Gasteiger charge is 2.53. The number of nitrogens with two attached hydrogens (primary N) is 1. The Bertz CT molecular complexity index is 7340. The van der Waals surface area contributed by atoms with Crippen LogP contribution in [0.4, 0.5) is 53.8 Å². The summed E-state index contributed by atoms with van der Waals surface area (Å²) < 4.78 is 42.6. The number of carboxylic acid groups (broad SMARTS) is 2. The summed E-state index contributed by atoms with van der Waals surface area (Å²) in [7, 11) is -0.387. The SMILES string of the molecule is CC(C)(C)OC(=O)Nc1ccc2c(c1)Cc1cccc(B3OC(C)(C)C(C)(C)O3)c1S2.CC(C)(C)OC(=O)Nc1ccc2c(c1)Cc1cccc(Br)c1S2.Nc1ccc2c(c1)Cc1cccc(Br)c1S2.O=C(O)c1cc([N+](=O)[O-])ccc1F.O=C(O)c1cc([N+](=O)[O-])ccc1Sc1ccccc1Br.O=[N+]([O-])c1ccc2c(c1)Cc1cccc(Br)c1S2.O=c1c2cc([N+](=O)[O-])ccc2sc2c(Br)cccc12. The number of ether oxygens (including phenoxy) is 2. The maximum atomic E-state index is 12.7. The number of anilines is 3. The van der Waals surface area contributed by atoms with Crippen molar-refractivity contribution in [1.29, 1.82) is 0 Å². The molecule has 0 aliphatic carbocycles. The van der Waals surface area contributed by atoms with Gasteiger partial charge in [0.25, 0.3) is 22.7 Å². The van der Waals surface area contributed by atoms with Crippen LogP contribution in [0, 0.1) is 46.3 Å². The van der Waals surface area contributed by atoms with Crippen LogP contribution < -0.4 is 27.3 Å². The number of amides is 2. The second-order valence-electron chi connectivity index (χ2n) is 34.5. The number of carbonyl (C=O) groups is 4. The van der Waals surface area contributed by atoms with E-state index in [4.69, 9.17) is 29.6 Å². The Balaban J connectivity index is 0.000000140. The Morgan fingerprint density at radius 2 is 0.821 bits per heavy atom. The minimum Gasteiger partial charge on any atom is -0.478 e. The second kappa shape index (κ2) is 45.3. The van der Waals surface area contributed by atoms with Crippen molar-refractivity contribution >= 4 is 246 Å². The van der Waals surface area contributed by atoms with Gasteiger partial charge in [0.1, 0.15) is 22.6 Å². The molecule has 39 heteroatoms. The average molecular weight is 2320 g/mol. The van der Waals surface area contributed by atoms with Crippen molar-refractivity contribution in [3.63, 3.8) is 0 Å². The average Bonchev–Trinajstić information content (AvgIpc) is 1.53. The van der Waals surface area contributed by atoms with Gasteiger partial charge in [-0.1, -0.05) is 132 Å². The highest BCUT2D eigenvalue weighted by molar-refractivity contribution is 9.11. The van der Waals surface area contributed by atoms with Crippen LogP contribution in [0.1, 0.15) is 134 Å². The molecule has 0 unspecified atom stereocenters. The van der Waals surface area contributed by atoms with Crippen LogP contribution in [-0.4, -0.2) is 83.6 Å². The van der Waals surface area contributed by atoms with E-state index in [0.717, 1.165) is 109 Å². The van der Waals surface area contributed by atoms with Gasteiger partial charge in [0.05, 0.1) is 41.2 Å². The van der Waals surface area contributed by atoms with Crippen LogP contribution in [0.5, 0.6) is 0 Å². The van der Waals surface area contributed by atoms with E-state index >= 15 is 0 Å². The maximum absolute atomic E-state index is 12.7. The third-order valence-corrected chi connectivity index (χ3v) is 33.8. The number of nitrogen functional groups attached to an aromatic ring is 1. The number of carbonyl (C=O) groups excluding carboxylic acids is 2.